The first-order valence-corrected chi connectivity index (χ1v) is 7.35. The molecule has 7 heteroatoms. The topological polar surface area (TPSA) is 63.9 Å². The van der Waals surface area contributed by atoms with Gasteiger partial charge in [-0.2, -0.15) is 0 Å². The Kier molecular flexibility index (Phi) is 3.73. The average molecular weight is 332 g/mol. The molecule has 2 aromatic rings. The Morgan fingerprint density at radius 1 is 1.13 bits per heavy atom. The maximum atomic E-state index is 12.9. The van der Waals surface area contributed by atoms with E-state index in [4.69, 9.17) is 26.1 Å². The third-order valence-electron chi connectivity index (χ3n) is 3.80. The van der Waals surface area contributed by atoms with Gasteiger partial charge in [-0.1, -0.05) is 0 Å². The summed E-state index contributed by atoms with van der Waals surface area (Å²) in [5, 5.41) is 3.36. The molecule has 0 bridgehead atoms. The fraction of sp³-hybridized carbons (Fsp3) is 0.250. The lowest BCUT2D eigenvalue weighted by atomic mass is 9.99. The van der Waals surface area contributed by atoms with E-state index in [1.54, 1.807) is 50.4 Å². The number of furan rings is 1. The van der Waals surface area contributed by atoms with E-state index < -0.39 is 5.54 Å². The van der Waals surface area contributed by atoms with Gasteiger partial charge in [-0.25, -0.2) is 0 Å². The first-order valence-electron chi connectivity index (χ1n) is 6.94. The number of carbonyl (C=O) groups excluding carboxylic acids is 1. The number of hydrogen-bond donors (Lipinski definition) is 1. The van der Waals surface area contributed by atoms with E-state index in [0.29, 0.717) is 28.3 Å². The molecule has 1 aliphatic heterocycles. The van der Waals surface area contributed by atoms with Gasteiger partial charge in [0.1, 0.15) is 11.5 Å². The molecular weight excluding hydrogens is 316 g/mol. The molecule has 120 valence electrons. The van der Waals surface area contributed by atoms with Gasteiger partial charge in [-0.05, 0) is 49.5 Å². The third-order valence-corrected chi connectivity index (χ3v) is 4.08. The Labute approximate surface area is 139 Å². The van der Waals surface area contributed by atoms with Crippen LogP contribution in [-0.4, -0.2) is 25.2 Å². The predicted molar refractivity (Wildman–Crippen MR) is 88.8 cm³/mol. The standard InChI is InChI=1S/C16H16N2O4S/c1-16(12-8-9-13(21-3)22-12)14(19)18(15(23)17-16)10-4-6-11(20-2)7-5-10/h4-9H,1-3H3,(H,17,23)/t16-/m0/s1. The minimum absolute atomic E-state index is 0.218. The quantitative estimate of drug-likeness (QED) is 0.868. The zero-order chi connectivity index (χ0) is 16.6. The summed E-state index contributed by atoms with van der Waals surface area (Å²) >= 11 is 5.33. The molecule has 1 atom stereocenters. The molecule has 2 heterocycles. The molecule has 0 radical (unpaired) electrons. The Morgan fingerprint density at radius 3 is 2.39 bits per heavy atom. The molecule has 1 aliphatic rings. The smallest absolute Gasteiger partial charge is 0.284 e. The van der Waals surface area contributed by atoms with Crippen LogP contribution in [0.1, 0.15) is 12.7 Å². The number of carbonyl (C=O) groups is 1. The first-order chi connectivity index (χ1) is 11.0. The van der Waals surface area contributed by atoms with E-state index >= 15 is 0 Å². The van der Waals surface area contributed by atoms with E-state index in [1.807, 2.05) is 0 Å². The van der Waals surface area contributed by atoms with Gasteiger partial charge >= 0.3 is 0 Å². The number of anilines is 1. The predicted octanol–water partition coefficient (Wildman–Crippen LogP) is 2.43. The van der Waals surface area contributed by atoms with Gasteiger partial charge in [0.2, 0.25) is 0 Å². The van der Waals surface area contributed by atoms with Crippen LogP contribution in [0.4, 0.5) is 5.69 Å². The molecular formula is C16H16N2O4S. The largest absolute Gasteiger partial charge is 0.497 e. The summed E-state index contributed by atoms with van der Waals surface area (Å²) in [6.45, 7) is 1.73. The van der Waals surface area contributed by atoms with Crippen LogP contribution in [0, 0.1) is 0 Å². The highest BCUT2D eigenvalue weighted by Crippen LogP contribution is 2.34. The number of thiocarbonyl (C=S) groups is 1. The van der Waals surface area contributed by atoms with E-state index in [2.05, 4.69) is 5.32 Å². The van der Waals surface area contributed by atoms with E-state index in [1.165, 1.54) is 12.0 Å². The Hall–Kier alpha value is -2.54. The lowest BCUT2D eigenvalue weighted by molar-refractivity contribution is -0.122. The molecule has 0 saturated carbocycles. The molecule has 6 nitrogen and oxygen atoms in total. The van der Waals surface area contributed by atoms with E-state index in [-0.39, 0.29) is 5.91 Å². The fourth-order valence-corrected chi connectivity index (χ4v) is 2.86. The second-order valence-corrected chi connectivity index (χ2v) is 5.60. The van der Waals surface area contributed by atoms with Crippen LogP contribution in [0.5, 0.6) is 11.7 Å². The molecule has 23 heavy (non-hydrogen) atoms. The van der Waals surface area contributed by atoms with Crippen LogP contribution in [0.2, 0.25) is 0 Å². The van der Waals surface area contributed by atoms with Crippen molar-refractivity contribution in [2.24, 2.45) is 0 Å². The van der Waals surface area contributed by atoms with Crippen LogP contribution >= 0.6 is 12.2 Å². The number of nitrogens with zero attached hydrogens (tertiary/aromatic N) is 1. The van der Waals surface area contributed by atoms with E-state index in [0.717, 1.165) is 0 Å². The van der Waals surface area contributed by atoms with Gasteiger partial charge < -0.3 is 19.2 Å². The van der Waals surface area contributed by atoms with Crippen LogP contribution in [-0.2, 0) is 10.3 Å². The van der Waals surface area contributed by atoms with Crippen molar-refractivity contribution >= 4 is 28.9 Å². The maximum absolute atomic E-state index is 12.9. The van der Waals surface area contributed by atoms with Crippen LogP contribution in [0.15, 0.2) is 40.8 Å². The molecule has 1 aromatic carbocycles. The summed E-state index contributed by atoms with van der Waals surface area (Å²) in [6, 6.07) is 10.5. The van der Waals surface area contributed by atoms with Gasteiger partial charge in [0.25, 0.3) is 11.9 Å². The highest BCUT2D eigenvalue weighted by molar-refractivity contribution is 7.80. The highest BCUT2D eigenvalue weighted by atomic mass is 32.1. The van der Waals surface area contributed by atoms with Crippen molar-refractivity contribution in [1.82, 2.24) is 5.32 Å². The van der Waals surface area contributed by atoms with Crippen LogP contribution < -0.4 is 19.7 Å². The summed E-state index contributed by atoms with van der Waals surface area (Å²) in [4.78, 5) is 14.4. The van der Waals surface area contributed by atoms with Crippen molar-refractivity contribution in [3.63, 3.8) is 0 Å². The number of rotatable bonds is 4. The van der Waals surface area contributed by atoms with Crippen molar-refractivity contribution in [1.29, 1.82) is 0 Å². The van der Waals surface area contributed by atoms with Crippen molar-refractivity contribution in [2.75, 3.05) is 19.1 Å². The number of methoxy groups -OCH3 is 2. The van der Waals surface area contributed by atoms with Gasteiger partial charge in [0.15, 0.2) is 10.7 Å². The molecule has 1 saturated heterocycles. The lowest BCUT2D eigenvalue weighted by Crippen LogP contribution is -2.40. The van der Waals surface area contributed by atoms with Gasteiger partial charge in [0.05, 0.1) is 19.9 Å². The molecule has 0 aliphatic carbocycles. The van der Waals surface area contributed by atoms with Crippen molar-refractivity contribution in [2.45, 2.75) is 12.5 Å². The summed E-state index contributed by atoms with van der Waals surface area (Å²) in [5.74, 6) is 1.27. The normalized spacial score (nSPS) is 20.6. The summed E-state index contributed by atoms with van der Waals surface area (Å²) in [6.07, 6.45) is 0. The lowest BCUT2D eigenvalue weighted by Gasteiger charge is -2.19. The molecule has 0 unspecified atom stereocenters. The zero-order valence-electron chi connectivity index (χ0n) is 13.0. The fourth-order valence-electron chi connectivity index (χ4n) is 2.47. The number of benzene rings is 1. The summed E-state index contributed by atoms with van der Waals surface area (Å²) in [7, 11) is 3.09. The average Bonchev–Trinajstić information content (AvgIpc) is 3.12. The van der Waals surface area contributed by atoms with Crippen molar-refractivity contribution < 1.29 is 18.7 Å². The first kappa shape index (κ1) is 15.4. The highest BCUT2D eigenvalue weighted by Gasteiger charge is 2.50. The zero-order valence-corrected chi connectivity index (χ0v) is 13.8. The number of hydrogen-bond acceptors (Lipinski definition) is 5. The molecule has 1 amide bonds. The summed E-state index contributed by atoms with van der Waals surface area (Å²) < 4.78 is 15.7. The Morgan fingerprint density at radius 2 is 1.83 bits per heavy atom. The Bertz CT molecular complexity index is 756. The van der Waals surface area contributed by atoms with Crippen LogP contribution in [0.25, 0.3) is 0 Å². The summed E-state index contributed by atoms with van der Waals surface area (Å²) in [5.41, 5.74) is -0.413. The molecule has 1 aromatic heterocycles. The van der Waals surface area contributed by atoms with Gasteiger partial charge in [0, 0.05) is 6.07 Å². The Balaban J connectivity index is 1.95. The molecule has 1 fully saturated rings. The minimum atomic E-state index is -1.08. The minimum Gasteiger partial charge on any atom is -0.497 e. The molecule has 0 spiro atoms. The third kappa shape index (κ3) is 2.43. The second-order valence-electron chi connectivity index (χ2n) is 5.22. The molecule has 1 N–H and O–H groups in total. The number of nitrogens with one attached hydrogen (secondary N) is 1. The monoisotopic (exact) mass is 332 g/mol. The van der Waals surface area contributed by atoms with Gasteiger partial charge in [-0.15, -0.1) is 0 Å². The van der Waals surface area contributed by atoms with Crippen molar-refractivity contribution in [3.8, 4) is 11.7 Å². The SMILES string of the molecule is COc1ccc(N2C(=O)[C@](C)(c3ccc(OC)o3)NC2=S)cc1. The van der Waals surface area contributed by atoms with Gasteiger partial charge in [-0.3, -0.25) is 9.69 Å². The number of amides is 1. The van der Waals surface area contributed by atoms with Crippen molar-refractivity contribution in [3.05, 3.63) is 42.2 Å². The maximum Gasteiger partial charge on any atom is 0.284 e. The number of ether oxygens (including phenoxy) is 2. The second kappa shape index (κ2) is 5.58. The van der Waals surface area contributed by atoms with E-state index in [9.17, 15) is 4.79 Å². The van der Waals surface area contributed by atoms with Crippen LogP contribution in [0.3, 0.4) is 0 Å². The molecule has 3 rings (SSSR count).